The summed E-state index contributed by atoms with van der Waals surface area (Å²) in [5, 5.41) is 23.1. The molecule has 0 spiro atoms. The average molecular weight is 472 g/mol. The number of fused-ring (bicyclic) bond motifs is 1. The van der Waals surface area contributed by atoms with E-state index < -0.39 is 42.4 Å². The van der Waals surface area contributed by atoms with Gasteiger partial charge in [0.05, 0.1) is 32.6 Å². The van der Waals surface area contributed by atoms with Gasteiger partial charge in [-0.2, -0.15) is 4.98 Å². The van der Waals surface area contributed by atoms with Crippen molar-refractivity contribution in [2.75, 3.05) is 14.2 Å². The van der Waals surface area contributed by atoms with Gasteiger partial charge in [-0.1, -0.05) is 12.1 Å². The van der Waals surface area contributed by atoms with Crippen molar-refractivity contribution in [2.45, 2.75) is 36.9 Å². The van der Waals surface area contributed by atoms with E-state index >= 15 is 0 Å². The third kappa shape index (κ3) is 4.35. The number of carboxylic acid groups (broad SMARTS) is 1. The molecular formula is C21H24N6O7. The zero-order valence-corrected chi connectivity index (χ0v) is 18.4. The smallest absolute Gasteiger partial charge is 0.335 e. The van der Waals surface area contributed by atoms with Gasteiger partial charge in [0.25, 0.3) is 0 Å². The molecule has 2 aromatic heterocycles. The average Bonchev–Trinajstić information content (AvgIpc) is 3.40. The number of aromatic nitrogens is 4. The minimum atomic E-state index is -1.53. The summed E-state index contributed by atoms with van der Waals surface area (Å²) in [6.45, 7) is 0. The maximum absolute atomic E-state index is 12.8. The number of hydrogen-bond acceptors (Lipinski definition) is 10. The summed E-state index contributed by atoms with van der Waals surface area (Å²) >= 11 is 0. The number of methoxy groups -OCH3 is 2. The number of aliphatic hydroxyl groups is 1. The summed E-state index contributed by atoms with van der Waals surface area (Å²) < 4.78 is 17.2. The van der Waals surface area contributed by atoms with Crippen LogP contribution in [-0.4, -0.2) is 80.1 Å². The second-order valence-electron chi connectivity index (χ2n) is 7.68. The molecule has 3 heterocycles. The minimum absolute atomic E-state index is 0.198. The number of aliphatic carboxylic acids is 1. The fraction of sp³-hybridized carbons (Fsp3) is 0.381. The number of amides is 1. The summed E-state index contributed by atoms with van der Waals surface area (Å²) in [4.78, 5) is 36.8. The van der Waals surface area contributed by atoms with Crippen molar-refractivity contribution >= 4 is 23.0 Å². The number of benzene rings is 1. The lowest BCUT2D eigenvalue weighted by Crippen LogP contribution is -2.54. The Labute approximate surface area is 193 Å². The fourth-order valence-corrected chi connectivity index (χ4v) is 3.82. The van der Waals surface area contributed by atoms with E-state index in [2.05, 4.69) is 20.3 Å². The topological polar surface area (TPSA) is 184 Å². The molecule has 180 valence electrons. The van der Waals surface area contributed by atoms with E-state index in [-0.39, 0.29) is 17.9 Å². The Morgan fingerprint density at radius 1 is 1.21 bits per heavy atom. The summed E-state index contributed by atoms with van der Waals surface area (Å²) in [6, 6.07) is 4.78. The van der Waals surface area contributed by atoms with Crippen LogP contribution in [0.4, 0.5) is 0 Å². The predicted molar refractivity (Wildman–Crippen MR) is 116 cm³/mol. The van der Waals surface area contributed by atoms with Crippen LogP contribution >= 0.6 is 0 Å². The zero-order valence-electron chi connectivity index (χ0n) is 18.4. The Bertz CT molecular complexity index is 1180. The van der Waals surface area contributed by atoms with Crippen LogP contribution in [0, 0.1) is 0 Å². The first kappa shape index (κ1) is 23.4. The van der Waals surface area contributed by atoms with Crippen LogP contribution in [0.3, 0.4) is 0 Å². The second-order valence-corrected chi connectivity index (χ2v) is 7.68. The van der Waals surface area contributed by atoms with Crippen molar-refractivity contribution in [2.24, 2.45) is 5.73 Å². The molecule has 1 aliphatic heterocycles. The summed E-state index contributed by atoms with van der Waals surface area (Å²) in [5.74, 6) is -1.11. The molecule has 13 nitrogen and oxygen atoms in total. The van der Waals surface area contributed by atoms with Crippen molar-refractivity contribution in [3.63, 3.8) is 0 Å². The molecule has 5 atom stereocenters. The quantitative estimate of drug-likeness (QED) is 0.323. The number of hydrogen-bond donors (Lipinski definition) is 4. The van der Waals surface area contributed by atoms with Gasteiger partial charge in [0.1, 0.15) is 18.2 Å². The normalized spacial score (nSPS) is 22.9. The first-order valence-corrected chi connectivity index (χ1v) is 10.3. The molecule has 0 bridgehead atoms. The SMILES string of the molecule is COc1ccc(C[C@H](N)C(=O)N[C@H]2[C@@H](O)[C@H](n3cnc4c(OC)ncnc43)O[C@@H]2C(=O)O)cc1. The number of nitrogens with zero attached hydrogens (tertiary/aromatic N) is 4. The third-order valence-electron chi connectivity index (χ3n) is 5.57. The number of carbonyl (C=O) groups excluding carboxylic acids is 1. The van der Waals surface area contributed by atoms with Crippen molar-refractivity contribution < 1.29 is 34.0 Å². The monoisotopic (exact) mass is 472 g/mol. The maximum atomic E-state index is 12.8. The highest BCUT2D eigenvalue weighted by atomic mass is 16.6. The van der Waals surface area contributed by atoms with Gasteiger partial charge in [0.15, 0.2) is 23.5 Å². The zero-order chi connectivity index (χ0) is 24.4. The first-order chi connectivity index (χ1) is 16.3. The van der Waals surface area contributed by atoms with Crippen molar-refractivity contribution in [1.82, 2.24) is 24.8 Å². The van der Waals surface area contributed by atoms with E-state index in [1.807, 2.05) is 0 Å². The Kier molecular flexibility index (Phi) is 6.58. The summed E-state index contributed by atoms with van der Waals surface area (Å²) in [5.41, 5.74) is 7.40. The Morgan fingerprint density at radius 2 is 1.94 bits per heavy atom. The van der Waals surface area contributed by atoms with Crippen LogP contribution in [0.2, 0.25) is 0 Å². The molecule has 1 aliphatic rings. The molecule has 5 N–H and O–H groups in total. The van der Waals surface area contributed by atoms with Crippen molar-refractivity contribution in [1.29, 1.82) is 0 Å². The van der Waals surface area contributed by atoms with Crippen LogP contribution in [0.5, 0.6) is 11.6 Å². The van der Waals surface area contributed by atoms with Gasteiger partial charge in [-0.15, -0.1) is 0 Å². The van der Waals surface area contributed by atoms with E-state index in [1.165, 1.54) is 24.3 Å². The van der Waals surface area contributed by atoms with E-state index in [9.17, 15) is 19.8 Å². The lowest BCUT2D eigenvalue weighted by Gasteiger charge is -2.22. The molecule has 3 aromatic rings. The predicted octanol–water partition coefficient (Wildman–Crippen LogP) is -0.759. The van der Waals surface area contributed by atoms with Gasteiger partial charge in [0, 0.05) is 0 Å². The molecule has 0 radical (unpaired) electrons. The van der Waals surface area contributed by atoms with Gasteiger partial charge < -0.3 is 35.5 Å². The lowest BCUT2D eigenvalue weighted by atomic mass is 10.0. The number of nitrogens with one attached hydrogen (secondary N) is 1. The molecule has 1 saturated heterocycles. The third-order valence-corrected chi connectivity index (χ3v) is 5.57. The molecule has 1 fully saturated rings. The van der Waals surface area contributed by atoms with Crippen molar-refractivity contribution in [3.05, 3.63) is 42.5 Å². The number of imidazole rings is 1. The van der Waals surface area contributed by atoms with Crippen molar-refractivity contribution in [3.8, 4) is 11.6 Å². The second kappa shape index (κ2) is 9.59. The molecule has 4 rings (SSSR count). The maximum Gasteiger partial charge on any atom is 0.335 e. The standard InChI is InChI=1S/C21H24N6O7/c1-32-11-5-3-10(4-6-11)7-12(22)18(29)26-13-15(28)20(34-16(13)21(30)31)27-9-25-14-17(27)23-8-24-19(14)33-2/h3-6,8-9,12-13,15-16,20,28H,7,22H2,1-2H3,(H,26,29)(H,30,31)/t12-,13-,15+,16-,20+/m0/s1. The molecule has 13 heteroatoms. The number of nitrogens with two attached hydrogens (primary N) is 1. The highest BCUT2D eigenvalue weighted by molar-refractivity contribution is 5.84. The van der Waals surface area contributed by atoms with E-state index in [1.54, 1.807) is 31.4 Å². The fourth-order valence-electron chi connectivity index (χ4n) is 3.82. The summed E-state index contributed by atoms with van der Waals surface area (Å²) in [7, 11) is 2.97. The first-order valence-electron chi connectivity index (χ1n) is 10.3. The van der Waals surface area contributed by atoms with Crippen LogP contribution in [-0.2, 0) is 20.7 Å². The molecule has 34 heavy (non-hydrogen) atoms. The molecule has 1 amide bonds. The Hall–Kier alpha value is -3.81. The Balaban J connectivity index is 1.52. The van der Waals surface area contributed by atoms with E-state index in [4.69, 9.17) is 19.9 Å². The molecular weight excluding hydrogens is 448 g/mol. The highest BCUT2D eigenvalue weighted by Gasteiger charge is 2.49. The Morgan fingerprint density at radius 3 is 2.59 bits per heavy atom. The number of rotatable bonds is 8. The number of carboxylic acids is 1. The van der Waals surface area contributed by atoms with Crippen LogP contribution < -0.4 is 20.5 Å². The molecule has 0 saturated carbocycles. The summed E-state index contributed by atoms with van der Waals surface area (Å²) in [6.07, 6.45) is -1.38. The molecule has 0 unspecified atom stereocenters. The van der Waals surface area contributed by atoms with Gasteiger partial charge >= 0.3 is 5.97 Å². The highest BCUT2D eigenvalue weighted by Crippen LogP contribution is 2.33. The largest absolute Gasteiger partial charge is 0.497 e. The van der Waals surface area contributed by atoms with Gasteiger partial charge in [-0.05, 0) is 24.1 Å². The number of carbonyl (C=O) groups is 2. The van der Waals surface area contributed by atoms with Crippen LogP contribution in [0.25, 0.3) is 11.2 Å². The number of aliphatic hydroxyl groups excluding tert-OH is 1. The van der Waals surface area contributed by atoms with Gasteiger partial charge in [-0.25, -0.2) is 14.8 Å². The van der Waals surface area contributed by atoms with Gasteiger partial charge in [0.2, 0.25) is 11.8 Å². The van der Waals surface area contributed by atoms with Crippen LogP contribution in [0.1, 0.15) is 11.8 Å². The van der Waals surface area contributed by atoms with E-state index in [0.29, 0.717) is 11.3 Å². The minimum Gasteiger partial charge on any atom is -0.497 e. The number of ether oxygens (including phenoxy) is 3. The van der Waals surface area contributed by atoms with E-state index in [0.717, 1.165) is 5.56 Å². The molecule has 1 aromatic carbocycles. The lowest BCUT2D eigenvalue weighted by molar-refractivity contribution is -0.152. The van der Waals surface area contributed by atoms with Crippen LogP contribution in [0.15, 0.2) is 36.9 Å². The molecule has 0 aliphatic carbocycles. The van der Waals surface area contributed by atoms with Gasteiger partial charge in [-0.3, -0.25) is 9.36 Å².